The van der Waals surface area contributed by atoms with Crippen LogP contribution in [-0.2, 0) is 17.8 Å². The van der Waals surface area contributed by atoms with E-state index in [4.69, 9.17) is 16.3 Å². The summed E-state index contributed by atoms with van der Waals surface area (Å²) in [6, 6.07) is 18.3. The smallest absolute Gasteiger partial charge is 0.255 e. The molecular weight excluding hydrogens is 419 g/mol. The lowest BCUT2D eigenvalue weighted by molar-refractivity contribution is -0.126. The fourth-order valence-electron chi connectivity index (χ4n) is 3.41. The van der Waals surface area contributed by atoms with Crippen molar-refractivity contribution in [3.63, 3.8) is 0 Å². The molecule has 0 saturated heterocycles. The van der Waals surface area contributed by atoms with Crippen LogP contribution in [0.25, 0.3) is 0 Å². The summed E-state index contributed by atoms with van der Waals surface area (Å²) in [5, 5.41) is 6.18. The van der Waals surface area contributed by atoms with E-state index in [1.165, 1.54) is 6.07 Å². The number of ether oxygens (including phenoxy) is 1. The number of hydrogen-bond donors (Lipinski definition) is 2. The molecule has 0 aromatic heterocycles. The number of carbonyl (C=O) groups is 2. The minimum absolute atomic E-state index is 0.117. The first kappa shape index (κ1) is 20.9. The van der Waals surface area contributed by atoms with E-state index in [-0.39, 0.29) is 30.8 Å². The number of amides is 2. The van der Waals surface area contributed by atoms with Gasteiger partial charge in [0.25, 0.3) is 5.91 Å². The first-order chi connectivity index (χ1) is 15.0. The standard InChI is InChI=1S/C24H20ClFN2O3/c25-19-7-5-15(6-8-19)24(30)28-20-9-10-22-17(12-20)11-18(14-31-22)23(29)27-13-16-3-1-2-4-21(16)26/h1-10,12,18H,11,13-14H2,(H,27,29)(H,28,30). The van der Waals surface area contributed by atoms with Gasteiger partial charge in [-0.1, -0.05) is 29.8 Å². The number of hydrogen-bond acceptors (Lipinski definition) is 3. The van der Waals surface area contributed by atoms with Gasteiger partial charge in [0.2, 0.25) is 5.91 Å². The van der Waals surface area contributed by atoms with Crippen LogP contribution >= 0.6 is 11.6 Å². The molecule has 0 saturated carbocycles. The Hall–Kier alpha value is -3.38. The van der Waals surface area contributed by atoms with Crippen molar-refractivity contribution in [3.8, 4) is 5.75 Å². The molecule has 0 spiro atoms. The number of halogens is 2. The molecule has 31 heavy (non-hydrogen) atoms. The van der Waals surface area contributed by atoms with E-state index < -0.39 is 5.92 Å². The predicted molar refractivity (Wildman–Crippen MR) is 117 cm³/mol. The summed E-state index contributed by atoms with van der Waals surface area (Å²) in [7, 11) is 0. The third-order valence-corrected chi connectivity index (χ3v) is 5.36. The van der Waals surface area contributed by atoms with Gasteiger partial charge in [-0.2, -0.15) is 0 Å². The van der Waals surface area contributed by atoms with Gasteiger partial charge in [0.05, 0.1) is 5.92 Å². The maximum atomic E-state index is 13.8. The second kappa shape index (κ2) is 9.18. The molecular formula is C24H20ClFN2O3. The van der Waals surface area contributed by atoms with Crippen molar-refractivity contribution in [2.75, 3.05) is 11.9 Å². The van der Waals surface area contributed by atoms with E-state index in [2.05, 4.69) is 10.6 Å². The van der Waals surface area contributed by atoms with Gasteiger partial charge in [-0.15, -0.1) is 0 Å². The highest BCUT2D eigenvalue weighted by atomic mass is 35.5. The van der Waals surface area contributed by atoms with Crippen LogP contribution < -0.4 is 15.4 Å². The summed E-state index contributed by atoms with van der Waals surface area (Å²) >= 11 is 5.86. The lowest BCUT2D eigenvalue weighted by atomic mass is 9.95. The second-order valence-electron chi connectivity index (χ2n) is 7.30. The molecule has 1 aliphatic heterocycles. The molecule has 5 nitrogen and oxygen atoms in total. The van der Waals surface area contributed by atoms with Gasteiger partial charge >= 0.3 is 0 Å². The fraction of sp³-hybridized carbons (Fsp3) is 0.167. The number of anilines is 1. The molecule has 0 radical (unpaired) electrons. The SMILES string of the molecule is O=C(Nc1ccc2c(c1)CC(C(=O)NCc1ccccc1F)CO2)c1ccc(Cl)cc1. The van der Waals surface area contributed by atoms with E-state index in [0.29, 0.717) is 34.0 Å². The van der Waals surface area contributed by atoms with Crippen molar-refractivity contribution >= 4 is 29.1 Å². The zero-order valence-corrected chi connectivity index (χ0v) is 17.3. The largest absolute Gasteiger partial charge is 0.492 e. The highest BCUT2D eigenvalue weighted by molar-refractivity contribution is 6.30. The lowest BCUT2D eigenvalue weighted by Gasteiger charge is -2.25. The van der Waals surface area contributed by atoms with Crippen LogP contribution in [0, 0.1) is 11.7 Å². The molecule has 0 fully saturated rings. The number of benzene rings is 3. The first-order valence-electron chi connectivity index (χ1n) is 9.83. The Balaban J connectivity index is 1.40. The fourth-order valence-corrected chi connectivity index (χ4v) is 3.54. The van der Waals surface area contributed by atoms with Gasteiger partial charge in [-0.05, 0) is 60.5 Å². The van der Waals surface area contributed by atoms with Crippen LogP contribution in [0.4, 0.5) is 10.1 Å². The van der Waals surface area contributed by atoms with E-state index in [1.54, 1.807) is 60.7 Å². The maximum absolute atomic E-state index is 13.8. The molecule has 1 heterocycles. The van der Waals surface area contributed by atoms with Crippen molar-refractivity contribution in [1.29, 1.82) is 0 Å². The molecule has 1 atom stereocenters. The molecule has 4 rings (SSSR count). The van der Waals surface area contributed by atoms with Crippen LogP contribution in [0.3, 0.4) is 0 Å². The molecule has 7 heteroatoms. The van der Waals surface area contributed by atoms with Crippen molar-refractivity contribution in [3.05, 3.63) is 94.3 Å². The molecule has 1 aliphatic rings. The topological polar surface area (TPSA) is 67.4 Å². The van der Waals surface area contributed by atoms with Gasteiger partial charge < -0.3 is 15.4 Å². The lowest BCUT2D eigenvalue weighted by Crippen LogP contribution is -2.37. The Morgan fingerprint density at radius 3 is 2.61 bits per heavy atom. The van der Waals surface area contributed by atoms with E-state index in [0.717, 1.165) is 5.56 Å². The monoisotopic (exact) mass is 438 g/mol. The Labute approximate surface area is 184 Å². The third-order valence-electron chi connectivity index (χ3n) is 5.11. The quantitative estimate of drug-likeness (QED) is 0.611. The number of rotatable bonds is 5. The van der Waals surface area contributed by atoms with Crippen LogP contribution in [0.5, 0.6) is 5.75 Å². The zero-order chi connectivity index (χ0) is 21.8. The minimum atomic E-state index is -0.401. The Bertz CT molecular complexity index is 1120. The normalized spacial score (nSPS) is 14.8. The average molecular weight is 439 g/mol. The number of carbonyl (C=O) groups excluding carboxylic acids is 2. The molecule has 3 aromatic rings. The van der Waals surface area contributed by atoms with Gasteiger partial charge in [0, 0.05) is 28.4 Å². The predicted octanol–water partition coefficient (Wildman–Crippen LogP) is 4.60. The second-order valence-corrected chi connectivity index (χ2v) is 7.74. The molecule has 0 aliphatic carbocycles. The van der Waals surface area contributed by atoms with Crippen LogP contribution in [0.2, 0.25) is 5.02 Å². The summed E-state index contributed by atoms with van der Waals surface area (Å²) < 4.78 is 19.5. The van der Waals surface area contributed by atoms with Crippen LogP contribution in [-0.4, -0.2) is 18.4 Å². The molecule has 3 aromatic carbocycles. The number of fused-ring (bicyclic) bond motifs is 1. The van der Waals surface area contributed by atoms with Crippen molar-refractivity contribution in [2.45, 2.75) is 13.0 Å². The molecule has 158 valence electrons. The third kappa shape index (κ3) is 5.03. The van der Waals surface area contributed by atoms with Gasteiger partial charge in [-0.3, -0.25) is 9.59 Å². The van der Waals surface area contributed by atoms with Crippen LogP contribution in [0.15, 0.2) is 66.7 Å². The molecule has 2 N–H and O–H groups in total. The minimum Gasteiger partial charge on any atom is -0.492 e. The summed E-state index contributed by atoms with van der Waals surface area (Å²) in [5.74, 6) is -0.532. The maximum Gasteiger partial charge on any atom is 0.255 e. The number of nitrogens with one attached hydrogen (secondary N) is 2. The summed E-state index contributed by atoms with van der Waals surface area (Å²) in [6.07, 6.45) is 0.461. The summed E-state index contributed by atoms with van der Waals surface area (Å²) in [5.41, 5.74) is 2.35. The van der Waals surface area contributed by atoms with Gasteiger partial charge in [0.15, 0.2) is 0 Å². The zero-order valence-electron chi connectivity index (χ0n) is 16.5. The van der Waals surface area contributed by atoms with Gasteiger partial charge in [-0.25, -0.2) is 4.39 Å². The Kier molecular flexibility index (Phi) is 6.18. The first-order valence-corrected chi connectivity index (χ1v) is 10.2. The van der Waals surface area contributed by atoms with Crippen LogP contribution in [0.1, 0.15) is 21.5 Å². The molecule has 1 unspecified atom stereocenters. The van der Waals surface area contributed by atoms with E-state index >= 15 is 0 Å². The van der Waals surface area contributed by atoms with Crippen molar-refractivity contribution in [2.24, 2.45) is 5.92 Å². The highest BCUT2D eigenvalue weighted by Crippen LogP contribution is 2.30. The molecule has 0 bridgehead atoms. The average Bonchev–Trinajstić information content (AvgIpc) is 2.78. The summed E-state index contributed by atoms with van der Waals surface area (Å²) in [6.45, 7) is 0.360. The van der Waals surface area contributed by atoms with Crippen molar-refractivity contribution in [1.82, 2.24) is 5.32 Å². The van der Waals surface area contributed by atoms with E-state index in [9.17, 15) is 14.0 Å². The van der Waals surface area contributed by atoms with Gasteiger partial charge in [0.1, 0.15) is 18.2 Å². The highest BCUT2D eigenvalue weighted by Gasteiger charge is 2.26. The molecule has 2 amide bonds. The Morgan fingerprint density at radius 2 is 1.84 bits per heavy atom. The van der Waals surface area contributed by atoms with E-state index in [1.807, 2.05) is 0 Å². The summed E-state index contributed by atoms with van der Waals surface area (Å²) in [4.78, 5) is 25.0. The Morgan fingerprint density at radius 1 is 1.06 bits per heavy atom. The van der Waals surface area contributed by atoms with Crippen molar-refractivity contribution < 1.29 is 18.7 Å².